The van der Waals surface area contributed by atoms with E-state index in [2.05, 4.69) is 22.5 Å². The standard InChI is InChI=1S/C17H29N3O2/c1-5-6-7-8-11-19-17(18-2)20-13-14-9-10-15(21-3)16(12-14)22-4/h9-10,12H,5-8,11,13H2,1-4H3,(H2,18,19,20). The van der Waals surface area contributed by atoms with Gasteiger partial charge in [0, 0.05) is 20.1 Å². The summed E-state index contributed by atoms with van der Waals surface area (Å²) in [7, 11) is 5.07. The van der Waals surface area contributed by atoms with Crippen LogP contribution in [-0.4, -0.2) is 33.8 Å². The van der Waals surface area contributed by atoms with Crippen LogP contribution in [0, 0.1) is 0 Å². The second kappa shape index (κ2) is 10.8. The van der Waals surface area contributed by atoms with Gasteiger partial charge in [-0.2, -0.15) is 0 Å². The first-order chi connectivity index (χ1) is 10.7. The first-order valence-corrected chi connectivity index (χ1v) is 7.90. The number of rotatable bonds is 9. The molecule has 0 aliphatic heterocycles. The Morgan fingerprint density at radius 2 is 1.82 bits per heavy atom. The number of benzene rings is 1. The van der Waals surface area contributed by atoms with E-state index in [0.717, 1.165) is 29.6 Å². The largest absolute Gasteiger partial charge is 0.493 e. The monoisotopic (exact) mass is 307 g/mol. The maximum atomic E-state index is 5.31. The average Bonchev–Trinajstić information content (AvgIpc) is 2.57. The summed E-state index contributed by atoms with van der Waals surface area (Å²) in [5.74, 6) is 2.31. The third kappa shape index (κ3) is 6.24. The number of aliphatic imine (C=N–C) groups is 1. The lowest BCUT2D eigenvalue weighted by Gasteiger charge is -2.13. The molecule has 0 aromatic heterocycles. The fourth-order valence-corrected chi connectivity index (χ4v) is 2.16. The summed E-state index contributed by atoms with van der Waals surface area (Å²) >= 11 is 0. The fraction of sp³-hybridized carbons (Fsp3) is 0.588. The Hall–Kier alpha value is -1.91. The van der Waals surface area contributed by atoms with E-state index in [-0.39, 0.29) is 0 Å². The van der Waals surface area contributed by atoms with Crippen LogP contribution in [0.4, 0.5) is 0 Å². The molecule has 0 saturated carbocycles. The zero-order valence-electron chi connectivity index (χ0n) is 14.2. The SMILES string of the molecule is CCCCCCNC(=NC)NCc1ccc(OC)c(OC)c1. The number of unbranched alkanes of at least 4 members (excludes halogenated alkanes) is 3. The molecule has 124 valence electrons. The summed E-state index contributed by atoms with van der Waals surface area (Å²) in [6.07, 6.45) is 4.98. The molecule has 0 bridgehead atoms. The van der Waals surface area contributed by atoms with Crippen LogP contribution < -0.4 is 20.1 Å². The molecule has 0 saturated heterocycles. The number of ether oxygens (including phenoxy) is 2. The molecule has 1 rings (SSSR count). The van der Waals surface area contributed by atoms with Gasteiger partial charge in [0.1, 0.15) is 0 Å². The quantitative estimate of drug-likeness (QED) is 0.418. The number of nitrogens with one attached hydrogen (secondary N) is 2. The van der Waals surface area contributed by atoms with Crippen LogP contribution in [-0.2, 0) is 6.54 Å². The number of methoxy groups -OCH3 is 2. The summed E-state index contributed by atoms with van der Waals surface area (Å²) in [5.41, 5.74) is 1.12. The van der Waals surface area contributed by atoms with Gasteiger partial charge >= 0.3 is 0 Å². The van der Waals surface area contributed by atoms with Crippen molar-refractivity contribution in [3.63, 3.8) is 0 Å². The molecule has 0 atom stereocenters. The van der Waals surface area contributed by atoms with Gasteiger partial charge in [0.15, 0.2) is 17.5 Å². The Labute approximate surface area is 134 Å². The van der Waals surface area contributed by atoms with Gasteiger partial charge in [0.25, 0.3) is 0 Å². The molecule has 5 heteroatoms. The lowest BCUT2D eigenvalue weighted by atomic mass is 10.2. The van der Waals surface area contributed by atoms with Crippen molar-refractivity contribution in [2.75, 3.05) is 27.8 Å². The average molecular weight is 307 g/mol. The molecule has 0 unspecified atom stereocenters. The Morgan fingerprint density at radius 1 is 1.05 bits per heavy atom. The van der Waals surface area contributed by atoms with Crippen molar-refractivity contribution in [2.24, 2.45) is 4.99 Å². The van der Waals surface area contributed by atoms with Crippen LogP contribution in [0.15, 0.2) is 23.2 Å². The van der Waals surface area contributed by atoms with Crippen molar-refractivity contribution < 1.29 is 9.47 Å². The van der Waals surface area contributed by atoms with Crippen LogP contribution >= 0.6 is 0 Å². The minimum absolute atomic E-state index is 0.689. The molecule has 2 N–H and O–H groups in total. The van der Waals surface area contributed by atoms with E-state index in [1.54, 1.807) is 21.3 Å². The molecule has 1 aromatic rings. The molecule has 0 heterocycles. The highest BCUT2D eigenvalue weighted by Gasteiger charge is 2.05. The molecule has 0 amide bonds. The second-order valence-corrected chi connectivity index (χ2v) is 5.10. The second-order valence-electron chi connectivity index (χ2n) is 5.10. The van der Waals surface area contributed by atoms with E-state index in [9.17, 15) is 0 Å². The van der Waals surface area contributed by atoms with Crippen LogP contribution in [0.2, 0.25) is 0 Å². The summed E-state index contributed by atoms with van der Waals surface area (Å²) in [4.78, 5) is 4.24. The molecular weight excluding hydrogens is 278 g/mol. The van der Waals surface area contributed by atoms with Gasteiger partial charge < -0.3 is 20.1 Å². The number of hydrogen-bond donors (Lipinski definition) is 2. The van der Waals surface area contributed by atoms with Crippen LogP contribution in [0.25, 0.3) is 0 Å². The molecule has 0 radical (unpaired) electrons. The molecular formula is C17H29N3O2. The normalized spacial score (nSPS) is 11.2. The van der Waals surface area contributed by atoms with E-state index < -0.39 is 0 Å². The van der Waals surface area contributed by atoms with E-state index in [1.165, 1.54) is 25.7 Å². The Bertz CT molecular complexity index is 461. The first-order valence-electron chi connectivity index (χ1n) is 7.90. The minimum atomic E-state index is 0.689. The summed E-state index contributed by atoms with van der Waals surface area (Å²) in [5, 5.41) is 6.64. The number of nitrogens with zero attached hydrogens (tertiary/aromatic N) is 1. The predicted octanol–water partition coefficient (Wildman–Crippen LogP) is 2.95. The van der Waals surface area contributed by atoms with Gasteiger partial charge in [-0.3, -0.25) is 4.99 Å². The van der Waals surface area contributed by atoms with Crippen molar-refractivity contribution in [3.8, 4) is 11.5 Å². The van der Waals surface area contributed by atoms with Crippen molar-refractivity contribution in [3.05, 3.63) is 23.8 Å². The lowest BCUT2D eigenvalue weighted by molar-refractivity contribution is 0.354. The Balaban J connectivity index is 2.43. The fourth-order valence-electron chi connectivity index (χ4n) is 2.16. The molecule has 0 fully saturated rings. The highest BCUT2D eigenvalue weighted by atomic mass is 16.5. The summed E-state index contributed by atoms with van der Waals surface area (Å²) in [6.45, 7) is 3.86. The highest BCUT2D eigenvalue weighted by molar-refractivity contribution is 5.79. The van der Waals surface area contributed by atoms with Gasteiger partial charge in [-0.25, -0.2) is 0 Å². The lowest BCUT2D eigenvalue weighted by Crippen LogP contribution is -2.37. The number of guanidine groups is 1. The van der Waals surface area contributed by atoms with Gasteiger partial charge in [-0.05, 0) is 24.1 Å². The van der Waals surface area contributed by atoms with Crippen molar-refractivity contribution >= 4 is 5.96 Å². The molecule has 0 spiro atoms. The van der Waals surface area contributed by atoms with Gasteiger partial charge in [-0.15, -0.1) is 0 Å². The third-order valence-corrected chi connectivity index (χ3v) is 3.45. The maximum Gasteiger partial charge on any atom is 0.191 e. The van der Waals surface area contributed by atoms with E-state index >= 15 is 0 Å². The van der Waals surface area contributed by atoms with Crippen LogP contribution in [0.5, 0.6) is 11.5 Å². The summed E-state index contributed by atoms with van der Waals surface area (Å²) < 4.78 is 10.6. The van der Waals surface area contributed by atoms with E-state index in [0.29, 0.717) is 6.54 Å². The van der Waals surface area contributed by atoms with Gasteiger partial charge in [0.05, 0.1) is 14.2 Å². The minimum Gasteiger partial charge on any atom is -0.493 e. The molecule has 0 aliphatic carbocycles. The zero-order chi connectivity index (χ0) is 16.2. The predicted molar refractivity (Wildman–Crippen MR) is 91.9 cm³/mol. The molecule has 5 nitrogen and oxygen atoms in total. The van der Waals surface area contributed by atoms with Gasteiger partial charge in [-0.1, -0.05) is 32.3 Å². The zero-order valence-corrected chi connectivity index (χ0v) is 14.2. The molecule has 22 heavy (non-hydrogen) atoms. The Kier molecular flexibility index (Phi) is 8.88. The topological polar surface area (TPSA) is 54.9 Å². The van der Waals surface area contributed by atoms with E-state index in [4.69, 9.17) is 9.47 Å². The first kappa shape index (κ1) is 18.1. The maximum absolute atomic E-state index is 5.31. The van der Waals surface area contributed by atoms with E-state index in [1.807, 2.05) is 18.2 Å². The van der Waals surface area contributed by atoms with Gasteiger partial charge in [0.2, 0.25) is 0 Å². The van der Waals surface area contributed by atoms with Crippen LogP contribution in [0.3, 0.4) is 0 Å². The molecule has 0 aliphatic rings. The van der Waals surface area contributed by atoms with Crippen molar-refractivity contribution in [1.82, 2.24) is 10.6 Å². The Morgan fingerprint density at radius 3 is 2.45 bits per heavy atom. The van der Waals surface area contributed by atoms with Crippen molar-refractivity contribution in [1.29, 1.82) is 0 Å². The summed E-state index contributed by atoms with van der Waals surface area (Å²) in [6, 6.07) is 5.90. The number of hydrogen-bond acceptors (Lipinski definition) is 3. The van der Waals surface area contributed by atoms with Crippen molar-refractivity contribution in [2.45, 2.75) is 39.2 Å². The molecule has 1 aromatic carbocycles. The smallest absolute Gasteiger partial charge is 0.191 e. The highest BCUT2D eigenvalue weighted by Crippen LogP contribution is 2.27. The van der Waals surface area contributed by atoms with Crippen LogP contribution in [0.1, 0.15) is 38.2 Å². The third-order valence-electron chi connectivity index (χ3n) is 3.45.